The molecule has 0 saturated carbocycles. The molecule has 2 aliphatic heterocycles. The first-order valence-corrected chi connectivity index (χ1v) is 9.23. The zero-order valence-corrected chi connectivity index (χ0v) is 15.0. The normalized spacial score (nSPS) is 28.3. The van der Waals surface area contributed by atoms with Crippen molar-refractivity contribution in [2.45, 2.75) is 58.0 Å². The molecule has 0 bridgehead atoms. The Morgan fingerprint density at radius 3 is 2.48 bits per heavy atom. The molecule has 4 heteroatoms. The van der Waals surface area contributed by atoms with E-state index in [1.807, 2.05) is 0 Å². The van der Waals surface area contributed by atoms with Gasteiger partial charge in [-0.2, -0.15) is 0 Å². The van der Waals surface area contributed by atoms with Crippen molar-refractivity contribution >= 4 is 5.91 Å². The van der Waals surface area contributed by atoms with Gasteiger partial charge >= 0.3 is 0 Å². The van der Waals surface area contributed by atoms with Gasteiger partial charge in [0.15, 0.2) is 0 Å². The molecule has 1 aliphatic carbocycles. The number of rotatable bonds is 4. The van der Waals surface area contributed by atoms with Crippen LogP contribution < -0.4 is 0 Å². The summed E-state index contributed by atoms with van der Waals surface area (Å²) in [5.41, 5.74) is 0.401. The molecule has 0 N–H and O–H groups in total. The topological polar surface area (TPSA) is 32.8 Å². The minimum Gasteiger partial charge on any atom is -0.383 e. The largest absolute Gasteiger partial charge is 0.383 e. The summed E-state index contributed by atoms with van der Waals surface area (Å²) >= 11 is 0. The highest BCUT2D eigenvalue weighted by Gasteiger charge is 2.46. The van der Waals surface area contributed by atoms with E-state index in [-0.39, 0.29) is 5.92 Å². The van der Waals surface area contributed by atoms with Crippen LogP contribution in [0.4, 0.5) is 0 Å². The van der Waals surface area contributed by atoms with E-state index in [4.69, 9.17) is 4.74 Å². The molecule has 130 valence electrons. The van der Waals surface area contributed by atoms with Gasteiger partial charge in [-0.3, -0.25) is 9.69 Å². The number of amides is 1. The Hall–Kier alpha value is -0.870. The molecule has 0 unspecified atom stereocenters. The second-order valence-corrected chi connectivity index (χ2v) is 8.04. The zero-order valence-electron chi connectivity index (χ0n) is 15.0. The van der Waals surface area contributed by atoms with Gasteiger partial charge in [0.1, 0.15) is 0 Å². The summed E-state index contributed by atoms with van der Waals surface area (Å²) in [6, 6.07) is 1.11. The molecule has 23 heavy (non-hydrogen) atoms. The monoisotopic (exact) mass is 320 g/mol. The Bertz CT molecular complexity index is 444. The second-order valence-electron chi connectivity index (χ2n) is 8.04. The van der Waals surface area contributed by atoms with Crippen LogP contribution in [0.3, 0.4) is 0 Å². The van der Waals surface area contributed by atoms with Crippen LogP contribution in [0, 0.1) is 11.3 Å². The molecule has 3 aliphatic rings. The second kappa shape index (κ2) is 6.94. The number of methoxy groups -OCH3 is 1. The Kier molecular flexibility index (Phi) is 5.12. The standard InChI is InChI=1S/C19H32N2O2/c1-15(2)21-14-19(12-17(21)13-23-3)8-10-20(11-9-19)18(22)16-6-4-5-7-16/h4-5,15-17H,6-14H2,1-3H3/t17-/m0/s1. The van der Waals surface area contributed by atoms with Crippen molar-refractivity contribution in [2.24, 2.45) is 11.3 Å². The summed E-state index contributed by atoms with van der Waals surface area (Å²) in [7, 11) is 1.81. The highest BCUT2D eigenvalue weighted by atomic mass is 16.5. The number of carbonyl (C=O) groups excluding carboxylic acids is 1. The SMILES string of the molecule is COC[C@@H]1CC2(CCN(C(=O)C3CC=CC3)CC2)CN1C(C)C. The lowest BCUT2D eigenvalue weighted by Crippen LogP contribution is -2.46. The van der Waals surface area contributed by atoms with Gasteiger partial charge < -0.3 is 9.64 Å². The van der Waals surface area contributed by atoms with Crippen LogP contribution in [-0.2, 0) is 9.53 Å². The van der Waals surface area contributed by atoms with Crippen molar-refractivity contribution in [2.75, 3.05) is 33.4 Å². The van der Waals surface area contributed by atoms with Crippen LogP contribution >= 0.6 is 0 Å². The molecule has 0 aromatic rings. The number of hydrogen-bond donors (Lipinski definition) is 0. The summed E-state index contributed by atoms with van der Waals surface area (Å²) in [4.78, 5) is 17.3. The molecule has 1 amide bonds. The molecule has 0 aromatic carbocycles. The molecule has 4 nitrogen and oxygen atoms in total. The van der Waals surface area contributed by atoms with Crippen LogP contribution in [0.2, 0.25) is 0 Å². The van der Waals surface area contributed by atoms with Crippen LogP contribution in [0.1, 0.15) is 46.0 Å². The maximum Gasteiger partial charge on any atom is 0.226 e. The van der Waals surface area contributed by atoms with Crippen LogP contribution in [0.5, 0.6) is 0 Å². The van der Waals surface area contributed by atoms with Crippen molar-refractivity contribution in [3.63, 3.8) is 0 Å². The lowest BCUT2D eigenvalue weighted by atomic mass is 9.76. The van der Waals surface area contributed by atoms with E-state index >= 15 is 0 Å². The Morgan fingerprint density at radius 1 is 1.26 bits per heavy atom. The summed E-state index contributed by atoms with van der Waals surface area (Å²) in [6.07, 6.45) is 9.73. The fraction of sp³-hybridized carbons (Fsp3) is 0.842. The number of hydrogen-bond acceptors (Lipinski definition) is 3. The molecule has 3 rings (SSSR count). The number of likely N-dealkylation sites (tertiary alicyclic amines) is 2. The van der Waals surface area contributed by atoms with Gasteiger partial charge in [0, 0.05) is 44.7 Å². The van der Waals surface area contributed by atoms with E-state index in [9.17, 15) is 4.79 Å². The first-order chi connectivity index (χ1) is 11.0. The van der Waals surface area contributed by atoms with Crippen molar-refractivity contribution < 1.29 is 9.53 Å². The van der Waals surface area contributed by atoms with E-state index in [1.165, 1.54) is 13.0 Å². The third-order valence-corrected chi connectivity index (χ3v) is 6.17. The van der Waals surface area contributed by atoms with Crippen molar-refractivity contribution in [3.05, 3.63) is 12.2 Å². The average Bonchev–Trinajstić information content (AvgIpc) is 3.17. The fourth-order valence-electron chi connectivity index (χ4n) is 4.79. The van der Waals surface area contributed by atoms with E-state index in [2.05, 4.69) is 35.8 Å². The number of piperidine rings is 1. The zero-order chi connectivity index (χ0) is 16.4. The van der Waals surface area contributed by atoms with E-state index < -0.39 is 0 Å². The molecule has 0 radical (unpaired) electrons. The Morgan fingerprint density at radius 2 is 1.91 bits per heavy atom. The maximum absolute atomic E-state index is 12.6. The van der Waals surface area contributed by atoms with Gasteiger partial charge in [-0.1, -0.05) is 12.2 Å². The van der Waals surface area contributed by atoms with Crippen molar-refractivity contribution in [1.82, 2.24) is 9.80 Å². The van der Waals surface area contributed by atoms with Crippen LogP contribution in [0.15, 0.2) is 12.2 Å². The third-order valence-electron chi connectivity index (χ3n) is 6.17. The predicted molar refractivity (Wildman–Crippen MR) is 92.2 cm³/mol. The molecule has 2 saturated heterocycles. The van der Waals surface area contributed by atoms with Crippen molar-refractivity contribution in [1.29, 1.82) is 0 Å². The van der Waals surface area contributed by atoms with E-state index in [0.29, 0.717) is 23.4 Å². The minimum absolute atomic E-state index is 0.223. The van der Waals surface area contributed by atoms with Gasteiger partial charge in [0.05, 0.1) is 6.61 Å². The average molecular weight is 320 g/mol. The molecular formula is C19H32N2O2. The summed E-state index contributed by atoms with van der Waals surface area (Å²) in [5, 5.41) is 0. The number of allylic oxidation sites excluding steroid dienone is 2. The fourth-order valence-corrected chi connectivity index (χ4v) is 4.79. The van der Waals surface area contributed by atoms with Gasteiger partial charge in [0.2, 0.25) is 5.91 Å². The number of ether oxygens (including phenoxy) is 1. The quantitative estimate of drug-likeness (QED) is 0.747. The number of carbonyl (C=O) groups is 1. The molecule has 0 aromatic heterocycles. The minimum atomic E-state index is 0.223. The van der Waals surface area contributed by atoms with Crippen molar-refractivity contribution in [3.8, 4) is 0 Å². The summed E-state index contributed by atoms with van der Waals surface area (Å²) < 4.78 is 5.45. The predicted octanol–water partition coefficient (Wildman–Crippen LogP) is 2.69. The van der Waals surface area contributed by atoms with Gasteiger partial charge in [-0.25, -0.2) is 0 Å². The highest BCUT2D eigenvalue weighted by Crippen LogP contribution is 2.44. The number of nitrogens with zero attached hydrogens (tertiary/aromatic N) is 2. The van der Waals surface area contributed by atoms with E-state index in [1.54, 1.807) is 7.11 Å². The molecule has 2 fully saturated rings. The van der Waals surface area contributed by atoms with E-state index in [0.717, 1.165) is 45.4 Å². The smallest absolute Gasteiger partial charge is 0.226 e. The molecule has 1 atom stereocenters. The maximum atomic E-state index is 12.6. The summed E-state index contributed by atoms with van der Waals surface area (Å²) in [6.45, 7) is 8.46. The highest BCUT2D eigenvalue weighted by molar-refractivity contribution is 5.79. The first-order valence-electron chi connectivity index (χ1n) is 9.23. The molecular weight excluding hydrogens is 288 g/mol. The van der Waals surface area contributed by atoms with Gasteiger partial charge in [0.25, 0.3) is 0 Å². The Labute approximate surface area is 140 Å². The van der Waals surface area contributed by atoms with Gasteiger partial charge in [-0.15, -0.1) is 0 Å². The lowest BCUT2D eigenvalue weighted by Gasteiger charge is -2.40. The molecule has 1 spiro atoms. The van der Waals surface area contributed by atoms with Crippen LogP contribution in [-0.4, -0.2) is 61.1 Å². The lowest BCUT2D eigenvalue weighted by molar-refractivity contribution is -0.137. The first kappa shape index (κ1) is 17.0. The van der Waals surface area contributed by atoms with Gasteiger partial charge in [-0.05, 0) is 51.4 Å². The molecule has 2 heterocycles. The summed E-state index contributed by atoms with van der Waals surface area (Å²) in [5.74, 6) is 0.609. The van der Waals surface area contributed by atoms with Crippen LogP contribution in [0.25, 0.3) is 0 Å². The Balaban J connectivity index is 1.58. The third kappa shape index (κ3) is 3.48.